The van der Waals surface area contributed by atoms with Crippen LogP contribution in [0.25, 0.3) is 22.3 Å². The molecule has 0 fully saturated rings. The van der Waals surface area contributed by atoms with Crippen molar-refractivity contribution in [3.8, 4) is 17.3 Å². The average molecular weight is 584 g/mol. The molecule has 1 unspecified atom stereocenters. The van der Waals surface area contributed by atoms with E-state index in [1.807, 2.05) is 31.2 Å². The van der Waals surface area contributed by atoms with Gasteiger partial charge in [-0.1, -0.05) is 61.9 Å². The number of allylic oxidation sites excluding steroid dienone is 3. The van der Waals surface area contributed by atoms with Crippen LogP contribution in [0.15, 0.2) is 66.4 Å². The van der Waals surface area contributed by atoms with E-state index in [-0.39, 0.29) is 0 Å². The van der Waals surface area contributed by atoms with Crippen LogP contribution in [-0.4, -0.2) is 46.0 Å². The zero-order valence-corrected chi connectivity index (χ0v) is 25.9. The van der Waals surface area contributed by atoms with Crippen molar-refractivity contribution < 1.29 is 13.2 Å². The van der Waals surface area contributed by atoms with Gasteiger partial charge >= 0.3 is 0 Å². The van der Waals surface area contributed by atoms with Crippen LogP contribution in [-0.2, 0) is 23.0 Å². The predicted molar refractivity (Wildman–Crippen MR) is 168 cm³/mol. The Labute approximate surface area is 247 Å². The molecule has 8 nitrogen and oxygen atoms in total. The third kappa shape index (κ3) is 4.60. The predicted octanol–water partition coefficient (Wildman–Crippen LogP) is 6.34. The second-order valence-electron chi connectivity index (χ2n) is 11.9. The lowest BCUT2D eigenvalue weighted by atomic mass is 9.98. The van der Waals surface area contributed by atoms with E-state index >= 15 is 0 Å². The minimum atomic E-state index is -3.84. The summed E-state index contributed by atoms with van der Waals surface area (Å²) in [6.45, 7) is 11.7. The first-order chi connectivity index (χ1) is 20.0. The van der Waals surface area contributed by atoms with Gasteiger partial charge in [0.1, 0.15) is 4.75 Å². The SMILES string of the molecule is COc1nc(-c2cccc3c2cnn3S(=O)(=O)C2(C)C=C(C)C=CC2)nc2c1CN(c1cc(C(C)C)ccc1C)CC2. The van der Waals surface area contributed by atoms with E-state index in [0.717, 1.165) is 39.4 Å². The van der Waals surface area contributed by atoms with Gasteiger partial charge in [-0.25, -0.2) is 13.4 Å². The smallest absolute Gasteiger partial charge is 0.263 e. The van der Waals surface area contributed by atoms with Gasteiger partial charge < -0.3 is 9.64 Å². The van der Waals surface area contributed by atoms with Gasteiger partial charge in [0, 0.05) is 29.6 Å². The number of fused-ring (bicyclic) bond motifs is 2. The Bertz CT molecular complexity index is 1850. The largest absolute Gasteiger partial charge is 0.481 e. The fourth-order valence-corrected chi connectivity index (χ4v) is 7.69. The lowest BCUT2D eigenvalue weighted by Crippen LogP contribution is -2.39. The molecule has 9 heteroatoms. The Hall–Kier alpha value is -3.98. The summed E-state index contributed by atoms with van der Waals surface area (Å²) in [6.07, 6.45) is 8.38. The fourth-order valence-electron chi connectivity index (χ4n) is 6.06. The van der Waals surface area contributed by atoms with Crippen LogP contribution in [0, 0.1) is 6.92 Å². The Morgan fingerprint density at radius 2 is 1.90 bits per heavy atom. The molecular weight excluding hydrogens is 546 g/mol. The van der Waals surface area contributed by atoms with Gasteiger partial charge in [-0.2, -0.15) is 14.2 Å². The van der Waals surface area contributed by atoms with Gasteiger partial charge in [-0.05, 0) is 56.4 Å². The molecule has 218 valence electrons. The second kappa shape index (κ2) is 10.4. The summed E-state index contributed by atoms with van der Waals surface area (Å²) >= 11 is 0. The van der Waals surface area contributed by atoms with E-state index < -0.39 is 14.8 Å². The van der Waals surface area contributed by atoms with Crippen LogP contribution in [0.3, 0.4) is 0 Å². The lowest BCUT2D eigenvalue weighted by molar-refractivity contribution is 0.388. The highest BCUT2D eigenvalue weighted by atomic mass is 32.2. The quantitative estimate of drug-likeness (QED) is 0.262. The molecule has 0 saturated heterocycles. The highest BCUT2D eigenvalue weighted by molar-refractivity contribution is 7.91. The maximum atomic E-state index is 13.9. The zero-order valence-electron chi connectivity index (χ0n) is 25.0. The summed E-state index contributed by atoms with van der Waals surface area (Å²) in [7, 11) is -2.21. The molecule has 2 aromatic carbocycles. The second-order valence-corrected chi connectivity index (χ2v) is 14.1. The van der Waals surface area contributed by atoms with Crippen molar-refractivity contribution in [3.63, 3.8) is 0 Å². The van der Waals surface area contributed by atoms with Crippen molar-refractivity contribution in [1.29, 1.82) is 0 Å². The molecule has 0 amide bonds. The number of anilines is 1. The van der Waals surface area contributed by atoms with E-state index in [4.69, 9.17) is 14.7 Å². The Morgan fingerprint density at radius 3 is 2.64 bits per heavy atom. The molecule has 42 heavy (non-hydrogen) atoms. The minimum Gasteiger partial charge on any atom is -0.481 e. The van der Waals surface area contributed by atoms with Gasteiger partial charge in [0.05, 0.1) is 36.6 Å². The molecule has 3 heterocycles. The molecule has 2 aromatic heterocycles. The number of nitrogens with zero attached hydrogens (tertiary/aromatic N) is 5. The number of aryl methyl sites for hydroxylation is 1. The number of aromatic nitrogens is 4. The van der Waals surface area contributed by atoms with Gasteiger partial charge in [0.2, 0.25) is 5.88 Å². The van der Waals surface area contributed by atoms with Gasteiger partial charge in [-0.3, -0.25) is 0 Å². The van der Waals surface area contributed by atoms with Crippen LogP contribution in [0.5, 0.6) is 5.88 Å². The van der Waals surface area contributed by atoms with Crippen LogP contribution < -0.4 is 9.64 Å². The molecule has 4 aromatic rings. The topological polar surface area (TPSA) is 90.2 Å². The molecular formula is C33H37N5O3S. The molecule has 0 saturated carbocycles. The van der Waals surface area contributed by atoms with Crippen LogP contribution in [0.4, 0.5) is 5.69 Å². The summed E-state index contributed by atoms with van der Waals surface area (Å²) in [6, 6.07) is 12.2. The van der Waals surface area contributed by atoms with Gasteiger partial charge in [-0.15, -0.1) is 0 Å². The summed E-state index contributed by atoms with van der Waals surface area (Å²) in [5.74, 6) is 1.49. The Balaban J connectivity index is 1.39. The van der Waals surface area contributed by atoms with E-state index in [1.54, 1.807) is 32.4 Å². The summed E-state index contributed by atoms with van der Waals surface area (Å²) in [5.41, 5.74) is 7.85. The van der Waals surface area contributed by atoms with Crippen molar-refractivity contribution in [3.05, 3.63) is 88.8 Å². The highest BCUT2D eigenvalue weighted by Crippen LogP contribution is 2.37. The molecule has 2 aliphatic rings. The van der Waals surface area contributed by atoms with Gasteiger partial charge in [0.25, 0.3) is 10.0 Å². The van der Waals surface area contributed by atoms with Crippen molar-refractivity contribution >= 4 is 26.6 Å². The maximum absolute atomic E-state index is 13.9. The normalized spacial score (nSPS) is 18.8. The number of benzene rings is 2. The summed E-state index contributed by atoms with van der Waals surface area (Å²) in [4.78, 5) is 12.2. The number of rotatable bonds is 6. The molecule has 1 atom stereocenters. The zero-order chi connectivity index (χ0) is 29.8. The third-order valence-corrected chi connectivity index (χ3v) is 10.7. The monoisotopic (exact) mass is 583 g/mol. The summed E-state index contributed by atoms with van der Waals surface area (Å²) in [5, 5.41) is 5.06. The molecule has 1 aliphatic heterocycles. The van der Waals surface area contributed by atoms with E-state index in [2.05, 4.69) is 49.0 Å². The standard InChI is InChI=1S/C33H37N5O3S/c1-21(2)24-13-12-23(4)30(17-24)37-16-14-28-27(20-37)32(41-6)36-31(35-28)25-10-7-11-29-26(25)19-34-38(29)42(39,40)33(5)15-8-9-22(3)18-33/h7-13,17-19,21H,14-16,20H2,1-6H3. The first kappa shape index (κ1) is 28.2. The number of ether oxygens (including phenoxy) is 1. The van der Waals surface area contributed by atoms with Crippen molar-refractivity contribution in [2.45, 2.75) is 64.7 Å². The number of hydrogen-bond acceptors (Lipinski definition) is 7. The van der Waals surface area contributed by atoms with Gasteiger partial charge in [0.15, 0.2) is 5.82 Å². The van der Waals surface area contributed by atoms with E-state index in [1.165, 1.54) is 16.8 Å². The molecule has 0 radical (unpaired) electrons. The maximum Gasteiger partial charge on any atom is 0.263 e. The van der Waals surface area contributed by atoms with Crippen molar-refractivity contribution in [2.24, 2.45) is 0 Å². The lowest BCUT2D eigenvalue weighted by Gasteiger charge is -2.32. The number of methoxy groups -OCH3 is 1. The van der Waals surface area contributed by atoms with Crippen molar-refractivity contribution in [1.82, 2.24) is 19.2 Å². The van der Waals surface area contributed by atoms with Crippen molar-refractivity contribution in [2.75, 3.05) is 18.6 Å². The molecule has 1 aliphatic carbocycles. The van der Waals surface area contributed by atoms with Crippen LogP contribution >= 0.6 is 0 Å². The Morgan fingerprint density at radius 1 is 1.10 bits per heavy atom. The first-order valence-corrected chi connectivity index (χ1v) is 15.8. The van der Waals surface area contributed by atoms with E-state index in [0.29, 0.717) is 41.5 Å². The fraction of sp³-hybridized carbons (Fsp3) is 0.364. The minimum absolute atomic E-state index is 0.386. The molecule has 0 bridgehead atoms. The summed E-state index contributed by atoms with van der Waals surface area (Å²) < 4.78 is 33.6. The first-order valence-electron chi connectivity index (χ1n) is 14.4. The van der Waals surface area contributed by atoms with Crippen LogP contribution in [0.2, 0.25) is 0 Å². The van der Waals surface area contributed by atoms with E-state index in [9.17, 15) is 8.42 Å². The van der Waals surface area contributed by atoms with Crippen LogP contribution in [0.1, 0.15) is 62.4 Å². The molecule has 6 rings (SSSR count). The molecule has 0 spiro atoms. The third-order valence-electron chi connectivity index (χ3n) is 8.53. The Kier molecular flexibility index (Phi) is 6.96. The number of hydrogen-bond donors (Lipinski definition) is 0. The highest BCUT2D eigenvalue weighted by Gasteiger charge is 2.40. The molecule has 0 N–H and O–H groups in total. The average Bonchev–Trinajstić information content (AvgIpc) is 3.41.